The van der Waals surface area contributed by atoms with E-state index in [4.69, 9.17) is 4.74 Å². The summed E-state index contributed by atoms with van der Waals surface area (Å²) in [6.07, 6.45) is -5.57. The number of carbonyl (C=O) groups excluding carboxylic acids is 7. The summed E-state index contributed by atoms with van der Waals surface area (Å²) in [6.45, 7) is 5.76. The number of benzene rings is 4. The van der Waals surface area contributed by atoms with Gasteiger partial charge in [-0.15, -0.1) is 0 Å². The molecule has 3 aliphatic rings. The molecular formula is C57H71N7O14. The molecule has 4 aromatic carbocycles. The molecule has 21 heteroatoms. The van der Waals surface area contributed by atoms with Crippen molar-refractivity contribution in [3.8, 4) is 33.8 Å². The molecule has 3 saturated heterocycles. The van der Waals surface area contributed by atoms with Crippen molar-refractivity contribution < 1.29 is 68.9 Å². The van der Waals surface area contributed by atoms with Crippen LogP contribution in [0.2, 0.25) is 0 Å². The third kappa shape index (κ3) is 14.2. The first-order valence-corrected chi connectivity index (χ1v) is 26.5. The van der Waals surface area contributed by atoms with Crippen molar-refractivity contribution in [2.45, 2.75) is 133 Å². The maximum Gasteiger partial charge on any atom is 0.251 e. The number of amides is 7. The highest BCUT2D eigenvalue weighted by atomic mass is 16.5. The molecule has 0 spiro atoms. The molecule has 3 fully saturated rings. The van der Waals surface area contributed by atoms with Gasteiger partial charge in [0, 0.05) is 44.0 Å². The Hall–Kier alpha value is -7.43. The molecule has 418 valence electrons. The molecule has 78 heavy (non-hydrogen) atoms. The minimum atomic E-state index is -1.91. The number of nitrogens with zero attached hydrogens (tertiary/aromatic N) is 2. The minimum Gasteiger partial charge on any atom is -0.508 e. The summed E-state index contributed by atoms with van der Waals surface area (Å²) < 4.78 is 5.85. The highest BCUT2D eigenvalue weighted by molar-refractivity contribution is 6.00. The molecule has 7 amide bonds. The first kappa shape index (κ1) is 58.3. The standard InChI is InChI=1S/C57H71N7O14/c1-5-6-7-26-78-42-22-18-38(19-23-42)36-12-10-35(11-13-36)37-14-16-39(17-15-37)51(71)59-43-24-25-58-55(75)49-50(70)31(2)29-64(49)57(77)47(33(4)66)61-54(74)48(45(69)27-34-8-20-40(67)21-9-34)62-53(73)44-28-41(68)30-63(44)56(76)46(32(3)65)60-52(43)72/h8-23,31-33,41,43-50,65-70H,5-7,24-30H2,1-4H3,(H,58,75)(H,59,71)(H,60,72)(H,61,74)(H,62,73)/t31-,32?,33?,41+,43-,44-,45+,46-,47-,48-,49-,50-/m0/s1. The molecule has 0 saturated carbocycles. The molecule has 21 nitrogen and oxygen atoms in total. The highest BCUT2D eigenvalue weighted by Crippen LogP contribution is 2.29. The second-order valence-corrected chi connectivity index (χ2v) is 20.5. The lowest BCUT2D eigenvalue weighted by Gasteiger charge is -2.34. The number of phenols is 1. The van der Waals surface area contributed by atoms with Gasteiger partial charge >= 0.3 is 0 Å². The molecule has 4 aromatic rings. The summed E-state index contributed by atoms with van der Waals surface area (Å²) in [5, 5.41) is 78.2. The molecule has 3 heterocycles. The van der Waals surface area contributed by atoms with Gasteiger partial charge in [-0.25, -0.2) is 0 Å². The number of aromatic hydroxyl groups is 1. The number of carbonyl (C=O) groups is 7. The van der Waals surface area contributed by atoms with E-state index in [0.29, 0.717) is 12.2 Å². The largest absolute Gasteiger partial charge is 0.508 e. The van der Waals surface area contributed by atoms with E-state index < -0.39 is 121 Å². The van der Waals surface area contributed by atoms with Crippen molar-refractivity contribution in [1.29, 1.82) is 0 Å². The minimum absolute atomic E-state index is 0.0907. The van der Waals surface area contributed by atoms with Gasteiger partial charge in [-0.2, -0.15) is 0 Å². The van der Waals surface area contributed by atoms with E-state index in [1.807, 2.05) is 48.5 Å². The van der Waals surface area contributed by atoms with Gasteiger partial charge in [0.1, 0.15) is 47.8 Å². The van der Waals surface area contributed by atoms with E-state index in [1.165, 1.54) is 38.1 Å². The zero-order valence-corrected chi connectivity index (χ0v) is 44.1. The Morgan fingerprint density at radius 2 is 1.22 bits per heavy atom. The number of ether oxygens (including phenoxy) is 1. The van der Waals surface area contributed by atoms with Crippen LogP contribution in [0.25, 0.3) is 22.3 Å². The number of hydrogen-bond donors (Lipinski definition) is 11. The van der Waals surface area contributed by atoms with Crippen molar-refractivity contribution in [3.05, 3.63) is 108 Å². The lowest BCUT2D eigenvalue weighted by Crippen LogP contribution is -2.64. The normalized spacial score (nSPS) is 25.8. The first-order chi connectivity index (χ1) is 37.2. The number of hydrogen-bond acceptors (Lipinski definition) is 14. The molecule has 0 radical (unpaired) electrons. The van der Waals surface area contributed by atoms with Crippen molar-refractivity contribution in [3.63, 3.8) is 0 Å². The zero-order valence-electron chi connectivity index (χ0n) is 44.1. The fraction of sp³-hybridized carbons (Fsp3) is 0.456. The Labute approximate surface area is 452 Å². The summed E-state index contributed by atoms with van der Waals surface area (Å²) in [5.41, 5.74) is 4.19. The predicted octanol–water partition coefficient (Wildman–Crippen LogP) is 0.903. The highest BCUT2D eigenvalue weighted by Gasteiger charge is 2.49. The molecule has 7 rings (SSSR count). The van der Waals surface area contributed by atoms with E-state index in [9.17, 15) is 64.2 Å². The SMILES string of the molecule is CCCCCOc1ccc(-c2ccc(-c3ccc(C(=O)N[C@H]4CCNC(=O)[C@@H]5[C@@H](O)[C@@H](C)CN5C(=O)[C@H](C(C)O)NC(=O)[C@H]([C@H](O)Cc5ccc(O)cc5)NC(=O)[C@@H]5C[C@@H](O)CN5C(=O)[C@H](C(C)O)NC4=O)cc3)cc2)cc1. The second kappa shape index (κ2) is 26.3. The van der Waals surface area contributed by atoms with E-state index in [-0.39, 0.29) is 43.7 Å². The van der Waals surface area contributed by atoms with Gasteiger partial charge in [0.15, 0.2) is 0 Å². The molecule has 12 atom stereocenters. The summed E-state index contributed by atoms with van der Waals surface area (Å²) in [4.78, 5) is 102. The summed E-state index contributed by atoms with van der Waals surface area (Å²) in [5.74, 6) is -6.81. The first-order valence-electron chi connectivity index (χ1n) is 26.5. The predicted molar refractivity (Wildman–Crippen MR) is 285 cm³/mol. The van der Waals surface area contributed by atoms with Crippen LogP contribution in [0, 0.1) is 5.92 Å². The van der Waals surface area contributed by atoms with Crippen LogP contribution in [0.5, 0.6) is 11.5 Å². The van der Waals surface area contributed by atoms with Gasteiger partial charge in [0.05, 0.1) is 37.1 Å². The fourth-order valence-electron chi connectivity index (χ4n) is 9.98. The van der Waals surface area contributed by atoms with Gasteiger partial charge < -0.3 is 71.8 Å². The molecule has 2 unspecified atom stereocenters. The maximum absolute atomic E-state index is 14.4. The lowest BCUT2D eigenvalue weighted by atomic mass is 9.99. The Morgan fingerprint density at radius 3 is 1.79 bits per heavy atom. The van der Waals surface area contributed by atoms with Crippen LogP contribution >= 0.6 is 0 Å². The number of aliphatic hydroxyl groups excluding tert-OH is 5. The van der Waals surface area contributed by atoms with Crippen LogP contribution in [0.3, 0.4) is 0 Å². The van der Waals surface area contributed by atoms with Gasteiger partial charge in [-0.05, 0) is 90.9 Å². The number of fused-ring (bicyclic) bond motifs is 2. The van der Waals surface area contributed by atoms with Crippen molar-refractivity contribution >= 4 is 41.4 Å². The van der Waals surface area contributed by atoms with Crippen LogP contribution in [0.4, 0.5) is 0 Å². The maximum atomic E-state index is 14.4. The van der Waals surface area contributed by atoms with Gasteiger partial charge in [-0.1, -0.05) is 87.4 Å². The summed E-state index contributed by atoms with van der Waals surface area (Å²) >= 11 is 0. The lowest BCUT2D eigenvalue weighted by molar-refractivity contribution is -0.147. The number of unbranched alkanes of at least 4 members (excludes halogenated alkanes) is 2. The summed E-state index contributed by atoms with van der Waals surface area (Å²) in [6, 6.07) is 17.8. The van der Waals surface area contributed by atoms with Crippen molar-refractivity contribution in [2.75, 3.05) is 26.2 Å². The third-order valence-electron chi connectivity index (χ3n) is 14.5. The van der Waals surface area contributed by atoms with E-state index in [0.717, 1.165) is 57.1 Å². The smallest absolute Gasteiger partial charge is 0.251 e. The van der Waals surface area contributed by atoms with Gasteiger partial charge in [0.25, 0.3) is 5.91 Å². The number of nitrogens with one attached hydrogen (secondary N) is 5. The monoisotopic (exact) mass is 1080 g/mol. The average molecular weight is 1080 g/mol. The Morgan fingerprint density at radius 1 is 0.679 bits per heavy atom. The number of phenolic OH excluding ortho intramolecular Hbond substituents is 1. The molecule has 0 aliphatic carbocycles. The topological polar surface area (TPSA) is 317 Å². The van der Waals surface area contributed by atoms with E-state index in [2.05, 4.69) is 33.5 Å². The number of rotatable bonds is 14. The van der Waals surface area contributed by atoms with Gasteiger partial charge in [0.2, 0.25) is 35.4 Å². The quantitative estimate of drug-likeness (QED) is 0.0783. The second-order valence-electron chi connectivity index (χ2n) is 20.5. The van der Waals surface area contributed by atoms with E-state index >= 15 is 0 Å². The fourth-order valence-corrected chi connectivity index (χ4v) is 9.98. The van der Waals surface area contributed by atoms with Crippen LogP contribution in [0.1, 0.15) is 75.7 Å². The Bertz CT molecular complexity index is 2740. The van der Waals surface area contributed by atoms with Crippen LogP contribution in [0.15, 0.2) is 97.1 Å². The van der Waals surface area contributed by atoms with Gasteiger partial charge in [-0.3, -0.25) is 33.6 Å². The molecular weight excluding hydrogens is 1010 g/mol. The summed E-state index contributed by atoms with van der Waals surface area (Å²) in [7, 11) is 0. The molecule has 3 aliphatic heterocycles. The van der Waals surface area contributed by atoms with E-state index in [1.54, 1.807) is 31.2 Å². The van der Waals surface area contributed by atoms with Crippen molar-refractivity contribution in [2.24, 2.45) is 5.92 Å². The molecule has 11 N–H and O–H groups in total. The molecule has 0 aromatic heterocycles. The molecule has 0 bridgehead atoms. The Kier molecular flexibility index (Phi) is 19.6. The number of aliphatic hydroxyl groups is 5. The average Bonchev–Trinajstić information content (AvgIpc) is 3.98. The van der Waals surface area contributed by atoms with Crippen LogP contribution in [-0.2, 0) is 35.2 Å². The zero-order chi connectivity index (χ0) is 56.4. The Balaban J connectivity index is 1.14. The van der Waals surface area contributed by atoms with Crippen molar-refractivity contribution in [1.82, 2.24) is 36.4 Å². The van der Waals surface area contributed by atoms with Crippen LogP contribution in [-0.4, -0.2) is 175 Å². The van der Waals surface area contributed by atoms with Crippen LogP contribution < -0.4 is 31.3 Å². The third-order valence-corrected chi connectivity index (χ3v) is 14.5.